The SMILES string of the molecule is Cl.Cl.O=C(c1ccc(-n2c(=O)n(C3CCCNC3)c3nc(Nc4ccccc4)ncc32)cc1)N1CCc2c(n(Cc3ccc(F)cc3F)c3ncccc23)C1. The lowest BCUT2D eigenvalue weighted by Gasteiger charge is -2.29. The standard InChI is InChI=1S/C40H35F2N9O2.2ClH/c41-27-13-10-26(33(42)20-27)23-49-35-24-48(19-16-31(35)32-9-5-18-44-36(32)49)38(52)25-11-14-29(15-12-25)50-34-22-45-39(46-28-6-2-1-3-7-28)47-37(34)51(40(50)53)30-8-4-17-43-21-30;;/h1-3,5-7,9-15,18,20,22,30,43H,4,8,16-17,19,21,23-24H2,(H,45,46,47);2*1H. The van der Waals surface area contributed by atoms with Crippen LogP contribution in [0.2, 0.25) is 0 Å². The summed E-state index contributed by atoms with van der Waals surface area (Å²) in [6, 6.07) is 24.0. The van der Waals surface area contributed by atoms with Crippen LogP contribution in [0.1, 0.15) is 46.1 Å². The highest BCUT2D eigenvalue weighted by molar-refractivity contribution is 5.95. The summed E-state index contributed by atoms with van der Waals surface area (Å²) in [4.78, 5) is 44.0. The molecule has 282 valence electrons. The van der Waals surface area contributed by atoms with E-state index in [1.54, 1.807) is 50.7 Å². The number of nitrogens with one attached hydrogen (secondary N) is 2. The summed E-state index contributed by atoms with van der Waals surface area (Å²) in [6.45, 7) is 2.50. The quantitative estimate of drug-likeness (QED) is 0.180. The highest BCUT2D eigenvalue weighted by Gasteiger charge is 2.29. The second-order valence-corrected chi connectivity index (χ2v) is 13.5. The monoisotopic (exact) mass is 783 g/mol. The Balaban J connectivity index is 0.00000233. The third kappa shape index (κ3) is 6.95. The molecule has 6 heterocycles. The minimum Gasteiger partial charge on any atom is -0.332 e. The second kappa shape index (κ2) is 15.6. The van der Waals surface area contributed by atoms with Crippen LogP contribution in [-0.2, 0) is 19.5 Å². The predicted molar refractivity (Wildman–Crippen MR) is 212 cm³/mol. The molecule has 1 saturated heterocycles. The number of para-hydroxylation sites is 1. The molecule has 0 spiro atoms. The maximum Gasteiger partial charge on any atom is 0.335 e. The van der Waals surface area contributed by atoms with Crippen LogP contribution in [0.5, 0.6) is 0 Å². The van der Waals surface area contributed by atoms with Crippen molar-refractivity contribution in [3.05, 3.63) is 142 Å². The molecule has 1 fully saturated rings. The smallest absolute Gasteiger partial charge is 0.332 e. The lowest BCUT2D eigenvalue weighted by molar-refractivity contribution is 0.0730. The van der Waals surface area contributed by atoms with Gasteiger partial charge in [0, 0.05) is 53.2 Å². The van der Waals surface area contributed by atoms with Crippen molar-refractivity contribution in [3.63, 3.8) is 0 Å². The van der Waals surface area contributed by atoms with Gasteiger partial charge in [-0.1, -0.05) is 24.3 Å². The van der Waals surface area contributed by atoms with E-state index in [1.165, 1.54) is 12.1 Å². The first kappa shape index (κ1) is 37.7. The highest BCUT2D eigenvalue weighted by Crippen LogP contribution is 2.32. The lowest BCUT2D eigenvalue weighted by Crippen LogP contribution is -2.37. The topological polar surface area (TPSA) is 115 Å². The zero-order valence-corrected chi connectivity index (χ0v) is 31.1. The molecule has 11 nitrogen and oxygen atoms in total. The third-order valence-corrected chi connectivity index (χ3v) is 10.3. The van der Waals surface area contributed by atoms with Gasteiger partial charge in [0.2, 0.25) is 5.95 Å². The van der Waals surface area contributed by atoms with Gasteiger partial charge < -0.3 is 20.1 Å². The average molecular weight is 785 g/mol. The maximum atomic E-state index is 14.8. The van der Waals surface area contributed by atoms with Crippen molar-refractivity contribution < 1.29 is 13.6 Å². The van der Waals surface area contributed by atoms with E-state index in [9.17, 15) is 18.4 Å². The molecule has 3 aromatic carbocycles. The van der Waals surface area contributed by atoms with E-state index in [0.29, 0.717) is 65.6 Å². The number of benzene rings is 3. The summed E-state index contributed by atoms with van der Waals surface area (Å²) < 4.78 is 33.8. The number of aromatic nitrogens is 6. The number of rotatable bonds is 7. The number of anilines is 2. The van der Waals surface area contributed by atoms with E-state index in [2.05, 4.69) is 20.6 Å². The van der Waals surface area contributed by atoms with Gasteiger partial charge in [0.1, 0.15) is 22.8 Å². The number of nitrogens with zero attached hydrogens (tertiary/aromatic N) is 7. The Bertz CT molecular complexity index is 2570. The zero-order valence-electron chi connectivity index (χ0n) is 29.5. The summed E-state index contributed by atoms with van der Waals surface area (Å²) in [5, 5.41) is 7.61. The number of amides is 1. The molecular formula is C40H37Cl2F2N9O2. The molecule has 55 heavy (non-hydrogen) atoms. The van der Waals surface area contributed by atoms with Crippen molar-refractivity contribution in [2.24, 2.45) is 0 Å². The molecule has 9 rings (SSSR count). The fraction of sp³-hybridized carbons (Fsp3) is 0.225. The van der Waals surface area contributed by atoms with Gasteiger partial charge in [-0.25, -0.2) is 23.5 Å². The van der Waals surface area contributed by atoms with Gasteiger partial charge in [-0.05, 0) is 86.0 Å². The van der Waals surface area contributed by atoms with Gasteiger partial charge >= 0.3 is 5.69 Å². The molecule has 2 aliphatic heterocycles. The first-order chi connectivity index (χ1) is 25.9. The van der Waals surface area contributed by atoms with E-state index in [0.717, 1.165) is 47.8 Å². The van der Waals surface area contributed by atoms with Crippen molar-refractivity contribution >= 4 is 64.6 Å². The van der Waals surface area contributed by atoms with Crippen LogP contribution in [0.4, 0.5) is 20.4 Å². The number of carbonyl (C=O) groups is 1. The Morgan fingerprint density at radius 3 is 2.53 bits per heavy atom. The zero-order chi connectivity index (χ0) is 36.1. The number of imidazole rings is 1. The summed E-state index contributed by atoms with van der Waals surface area (Å²) in [5.74, 6) is -1.04. The van der Waals surface area contributed by atoms with Crippen molar-refractivity contribution in [1.82, 2.24) is 38.9 Å². The average Bonchev–Trinajstić information content (AvgIpc) is 3.66. The van der Waals surface area contributed by atoms with Gasteiger partial charge in [-0.15, -0.1) is 24.8 Å². The Morgan fingerprint density at radius 1 is 0.945 bits per heavy atom. The molecular weight excluding hydrogens is 747 g/mol. The Morgan fingerprint density at radius 2 is 1.76 bits per heavy atom. The normalized spacial score (nSPS) is 15.3. The first-order valence-electron chi connectivity index (χ1n) is 17.7. The molecule has 0 aliphatic carbocycles. The fourth-order valence-electron chi connectivity index (χ4n) is 7.71. The second-order valence-electron chi connectivity index (χ2n) is 13.5. The van der Waals surface area contributed by atoms with Crippen LogP contribution < -0.4 is 16.3 Å². The molecule has 7 aromatic rings. The molecule has 4 aromatic heterocycles. The number of piperidine rings is 1. The third-order valence-electron chi connectivity index (χ3n) is 10.3. The molecule has 15 heteroatoms. The van der Waals surface area contributed by atoms with Crippen LogP contribution in [0, 0.1) is 11.6 Å². The van der Waals surface area contributed by atoms with E-state index >= 15 is 0 Å². The van der Waals surface area contributed by atoms with Gasteiger partial charge in [-0.2, -0.15) is 4.98 Å². The van der Waals surface area contributed by atoms with Gasteiger partial charge in [0.15, 0.2) is 5.65 Å². The van der Waals surface area contributed by atoms with Crippen molar-refractivity contribution in [2.45, 2.75) is 38.4 Å². The Labute approximate surface area is 326 Å². The number of pyridine rings is 1. The number of hydrogen-bond acceptors (Lipinski definition) is 7. The molecule has 1 unspecified atom stereocenters. The summed E-state index contributed by atoms with van der Waals surface area (Å²) in [6.07, 6.45) is 5.75. The summed E-state index contributed by atoms with van der Waals surface area (Å²) >= 11 is 0. The largest absolute Gasteiger partial charge is 0.335 e. The van der Waals surface area contributed by atoms with Crippen molar-refractivity contribution in [3.8, 4) is 5.69 Å². The number of fused-ring (bicyclic) bond motifs is 4. The molecule has 1 amide bonds. The van der Waals surface area contributed by atoms with E-state index in [4.69, 9.17) is 4.98 Å². The van der Waals surface area contributed by atoms with Crippen LogP contribution >= 0.6 is 24.8 Å². The fourth-order valence-corrected chi connectivity index (χ4v) is 7.71. The lowest BCUT2D eigenvalue weighted by atomic mass is 10.0. The van der Waals surface area contributed by atoms with Crippen LogP contribution in [0.15, 0.2) is 102 Å². The van der Waals surface area contributed by atoms with Crippen molar-refractivity contribution in [2.75, 3.05) is 25.0 Å². The molecule has 0 radical (unpaired) electrons. The molecule has 1 atom stereocenters. The van der Waals surface area contributed by atoms with Gasteiger partial charge in [-0.3, -0.25) is 13.9 Å². The summed E-state index contributed by atoms with van der Waals surface area (Å²) in [7, 11) is 0. The molecule has 0 saturated carbocycles. The van der Waals surface area contributed by atoms with Gasteiger partial charge in [0.25, 0.3) is 5.91 Å². The number of carbonyl (C=O) groups excluding carboxylic acids is 1. The van der Waals surface area contributed by atoms with E-state index in [-0.39, 0.29) is 49.0 Å². The van der Waals surface area contributed by atoms with Gasteiger partial charge in [0.05, 0.1) is 31.0 Å². The minimum absolute atomic E-state index is 0. The highest BCUT2D eigenvalue weighted by atomic mass is 35.5. The number of hydrogen-bond donors (Lipinski definition) is 2. The van der Waals surface area contributed by atoms with E-state index < -0.39 is 11.6 Å². The maximum absolute atomic E-state index is 14.8. The first-order valence-corrected chi connectivity index (χ1v) is 17.7. The van der Waals surface area contributed by atoms with Crippen LogP contribution in [-0.4, -0.2) is 59.1 Å². The molecule has 2 N–H and O–H groups in total. The molecule has 2 aliphatic rings. The van der Waals surface area contributed by atoms with E-state index in [1.807, 2.05) is 47.0 Å². The predicted octanol–water partition coefficient (Wildman–Crippen LogP) is 6.97. The summed E-state index contributed by atoms with van der Waals surface area (Å²) in [5.41, 5.74) is 5.77. The van der Waals surface area contributed by atoms with Crippen molar-refractivity contribution in [1.29, 1.82) is 0 Å². The van der Waals surface area contributed by atoms with Crippen LogP contribution in [0.25, 0.3) is 27.9 Å². The number of halogens is 4. The molecule has 0 bridgehead atoms. The minimum atomic E-state index is -0.637. The Kier molecular flexibility index (Phi) is 10.7. The Hall–Kier alpha value is -5.63. The van der Waals surface area contributed by atoms with Crippen LogP contribution in [0.3, 0.4) is 0 Å².